The van der Waals surface area contributed by atoms with Gasteiger partial charge in [-0.05, 0) is 76.8 Å². The number of ether oxygens (including phenoxy) is 1. The van der Waals surface area contributed by atoms with Gasteiger partial charge in [0.2, 0.25) is 5.78 Å². The second-order valence-corrected chi connectivity index (χ2v) is 8.81. The summed E-state index contributed by atoms with van der Waals surface area (Å²) in [5.41, 5.74) is 2.35. The van der Waals surface area contributed by atoms with Crippen LogP contribution in [0, 0.1) is 6.92 Å². The number of Topliss-reactive ketones (excluding diaryl/α,β-unsaturated/α-hetero) is 1. The molecular weight excluding hydrogens is 432 g/mol. The number of furan rings is 1. The van der Waals surface area contributed by atoms with Crippen LogP contribution in [0.3, 0.4) is 0 Å². The van der Waals surface area contributed by atoms with Crippen LogP contribution in [0.25, 0.3) is 11.0 Å². The van der Waals surface area contributed by atoms with E-state index in [2.05, 4.69) is 0 Å². The number of nitrogens with zero attached hydrogens (tertiary/aromatic N) is 2. The highest BCUT2D eigenvalue weighted by Crippen LogP contribution is 2.40. The van der Waals surface area contributed by atoms with E-state index < -0.39 is 23.5 Å². The second kappa shape index (κ2) is 9.73. The number of amides is 1. The van der Waals surface area contributed by atoms with Gasteiger partial charge in [-0.2, -0.15) is 0 Å². The van der Waals surface area contributed by atoms with Crippen molar-refractivity contribution in [2.75, 3.05) is 33.8 Å². The molecule has 1 N–H and O–H groups in total. The molecule has 0 radical (unpaired) electrons. The molecule has 1 aromatic heterocycles. The molecule has 1 atom stereocenters. The lowest BCUT2D eigenvalue weighted by atomic mass is 9.94. The minimum absolute atomic E-state index is 0.0271. The van der Waals surface area contributed by atoms with Crippen LogP contribution in [0.15, 0.2) is 64.3 Å². The Kier molecular flexibility index (Phi) is 6.75. The van der Waals surface area contributed by atoms with Crippen molar-refractivity contribution in [1.29, 1.82) is 0 Å². The van der Waals surface area contributed by atoms with Crippen LogP contribution >= 0.6 is 0 Å². The van der Waals surface area contributed by atoms with Gasteiger partial charge in [-0.15, -0.1) is 0 Å². The number of ketones is 1. The number of aliphatic hydroxyl groups excluding tert-OH is 1. The summed E-state index contributed by atoms with van der Waals surface area (Å²) < 4.78 is 11.5. The Balaban J connectivity index is 1.76. The lowest BCUT2D eigenvalue weighted by Crippen LogP contribution is -2.33. The summed E-state index contributed by atoms with van der Waals surface area (Å²) in [6, 6.07) is 13.9. The first-order chi connectivity index (χ1) is 16.3. The molecule has 2 aromatic carbocycles. The molecule has 34 heavy (non-hydrogen) atoms. The van der Waals surface area contributed by atoms with E-state index in [0.717, 1.165) is 17.5 Å². The summed E-state index contributed by atoms with van der Waals surface area (Å²) in [5, 5.41) is 11.7. The lowest BCUT2D eigenvalue weighted by Gasteiger charge is -2.27. The number of aliphatic hydroxyl groups is 1. The number of aryl methyl sites for hydroxylation is 1. The van der Waals surface area contributed by atoms with Gasteiger partial charge >= 0.3 is 0 Å². The first kappa shape index (κ1) is 23.6. The highest BCUT2D eigenvalue weighted by molar-refractivity contribution is 6.16. The maximum absolute atomic E-state index is 13.6. The van der Waals surface area contributed by atoms with Crippen molar-refractivity contribution in [3.05, 3.63) is 76.8 Å². The smallest absolute Gasteiger partial charge is 0.290 e. The molecule has 0 bridgehead atoms. The third kappa shape index (κ3) is 4.56. The molecule has 0 saturated carbocycles. The fraction of sp³-hybridized carbons (Fsp3) is 0.333. The van der Waals surface area contributed by atoms with Crippen molar-refractivity contribution >= 4 is 22.7 Å². The fourth-order valence-corrected chi connectivity index (χ4v) is 4.37. The Morgan fingerprint density at radius 3 is 2.71 bits per heavy atom. The number of carbonyl (C=O) groups excluding carboxylic acids is 2. The van der Waals surface area contributed by atoms with Crippen molar-refractivity contribution in [3.63, 3.8) is 0 Å². The molecule has 7 nitrogen and oxygen atoms in total. The van der Waals surface area contributed by atoms with Crippen LogP contribution in [-0.4, -0.2) is 60.4 Å². The van der Waals surface area contributed by atoms with Crippen molar-refractivity contribution in [2.24, 2.45) is 0 Å². The van der Waals surface area contributed by atoms with E-state index in [1.54, 1.807) is 11.0 Å². The van der Waals surface area contributed by atoms with Gasteiger partial charge < -0.3 is 24.1 Å². The number of rotatable bonds is 9. The topological polar surface area (TPSA) is 83.2 Å². The molecule has 0 spiro atoms. The van der Waals surface area contributed by atoms with Crippen LogP contribution in [0.4, 0.5) is 0 Å². The molecule has 1 aliphatic rings. The first-order valence-electron chi connectivity index (χ1n) is 11.5. The van der Waals surface area contributed by atoms with Crippen LogP contribution in [-0.2, 0) is 4.79 Å². The molecule has 0 saturated heterocycles. The van der Waals surface area contributed by atoms with Crippen molar-refractivity contribution < 1.29 is 23.8 Å². The molecule has 178 valence electrons. The van der Waals surface area contributed by atoms with E-state index >= 15 is 0 Å². The van der Waals surface area contributed by atoms with Crippen LogP contribution in [0.2, 0.25) is 0 Å². The van der Waals surface area contributed by atoms with Gasteiger partial charge in [0.25, 0.3) is 5.91 Å². The largest absolute Gasteiger partial charge is 0.503 e. The number of hydrogen-bond acceptors (Lipinski definition) is 6. The van der Waals surface area contributed by atoms with E-state index in [1.807, 2.05) is 75.3 Å². The normalized spacial score (nSPS) is 16.2. The fourth-order valence-electron chi connectivity index (χ4n) is 4.37. The average Bonchev–Trinajstić information content (AvgIpc) is 3.33. The van der Waals surface area contributed by atoms with E-state index in [4.69, 9.17) is 9.15 Å². The summed E-state index contributed by atoms with van der Waals surface area (Å²) in [6.07, 6.45) is 0.694. The molecule has 1 amide bonds. The van der Waals surface area contributed by atoms with Crippen molar-refractivity contribution in [3.8, 4) is 5.75 Å². The van der Waals surface area contributed by atoms with Gasteiger partial charge in [0.05, 0.1) is 18.2 Å². The zero-order valence-electron chi connectivity index (χ0n) is 20.0. The summed E-state index contributed by atoms with van der Waals surface area (Å²) in [7, 11) is 3.92. The van der Waals surface area contributed by atoms with E-state index in [9.17, 15) is 14.7 Å². The maximum atomic E-state index is 13.6. The second-order valence-electron chi connectivity index (χ2n) is 8.81. The van der Waals surface area contributed by atoms with Crippen LogP contribution < -0.4 is 4.74 Å². The summed E-state index contributed by atoms with van der Waals surface area (Å²) in [4.78, 5) is 30.4. The van der Waals surface area contributed by atoms with Crippen molar-refractivity contribution in [1.82, 2.24) is 9.80 Å². The molecule has 1 unspecified atom stereocenters. The third-order valence-corrected chi connectivity index (χ3v) is 5.93. The Hall–Kier alpha value is -3.58. The van der Waals surface area contributed by atoms with Crippen molar-refractivity contribution in [2.45, 2.75) is 26.3 Å². The predicted octanol–water partition coefficient (Wildman–Crippen LogP) is 4.67. The van der Waals surface area contributed by atoms with Gasteiger partial charge in [0, 0.05) is 11.9 Å². The SMILES string of the molecule is CCOc1cccc(C2C(C(=O)c3cc4cc(C)ccc4o3)=C(O)C(=O)N2CCCN(C)C)c1. The van der Waals surface area contributed by atoms with E-state index in [0.29, 0.717) is 36.5 Å². The molecule has 3 aromatic rings. The number of fused-ring (bicyclic) bond motifs is 1. The zero-order valence-corrected chi connectivity index (χ0v) is 20.0. The molecule has 1 aliphatic heterocycles. The van der Waals surface area contributed by atoms with Gasteiger partial charge in [0.1, 0.15) is 11.3 Å². The van der Waals surface area contributed by atoms with Gasteiger partial charge in [-0.1, -0.05) is 23.8 Å². The average molecular weight is 463 g/mol. The predicted molar refractivity (Wildman–Crippen MR) is 130 cm³/mol. The Morgan fingerprint density at radius 2 is 1.97 bits per heavy atom. The monoisotopic (exact) mass is 462 g/mol. The molecule has 4 rings (SSSR count). The molecular formula is C27H30N2O5. The van der Waals surface area contributed by atoms with E-state index in [1.165, 1.54) is 0 Å². The van der Waals surface area contributed by atoms with Gasteiger partial charge in [-0.25, -0.2) is 0 Å². The highest BCUT2D eigenvalue weighted by Gasteiger charge is 2.44. The lowest BCUT2D eigenvalue weighted by molar-refractivity contribution is -0.129. The molecule has 0 fully saturated rings. The highest BCUT2D eigenvalue weighted by atomic mass is 16.5. The van der Waals surface area contributed by atoms with Gasteiger partial charge in [0.15, 0.2) is 11.5 Å². The Labute approximate surface area is 199 Å². The third-order valence-electron chi connectivity index (χ3n) is 5.93. The maximum Gasteiger partial charge on any atom is 0.290 e. The molecule has 0 aliphatic carbocycles. The Bertz CT molecular complexity index is 1260. The van der Waals surface area contributed by atoms with Crippen LogP contribution in [0.5, 0.6) is 5.75 Å². The quantitative estimate of drug-likeness (QED) is 0.465. The number of carbonyl (C=O) groups is 2. The molecule has 2 heterocycles. The van der Waals surface area contributed by atoms with E-state index in [-0.39, 0.29) is 11.3 Å². The number of hydrogen-bond donors (Lipinski definition) is 1. The zero-order chi connectivity index (χ0) is 24.4. The summed E-state index contributed by atoms with van der Waals surface area (Å²) in [6.45, 7) is 5.50. The summed E-state index contributed by atoms with van der Waals surface area (Å²) >= 11 is 0. The standard InChI is InChI=1S/C27H30N2O5/c1-5-33-20-9-6-8-18(15-20)24-23(26(31)27(32)29(24)13-7-12-28(3)4)25(30)22-16-19-14-17(2)10-11-21(19)34-22/h6,8-11,14-16,24,31H,5,7,12-13H2,1-4H3. The minimum atomic E-state index is -0.738. The molecule has 7 heteroatoms. The van der Waals surface area contributed by atoms with Gasteiger partial charge in [-0.3, -0.25) is 9.59 Å². The van der Waals surface area contributed by atoms with Crippen LogP contribution in [0.1, 0.15) is 41.1 Å². The summed E-state index contributed by atoms with van der Waals surface area (Å²) in [5.74, 6) is -0.852. The number of benzene rings is 2. The Morgan fingerprint density at radius 1 is 1.18 bits per heavy atom. The first-order valence-corrected chi connectivity index (χ1v) is 11.5. The minimum Gasteiger partial charge on any atom is -0.503 e.